The number of carbonyl (C=O) groups is 2. The SMILES string of the molecule is CCN(C(=O)c1ccc2c(c1)S(=O)(=O)N(C1CC1)C2=O)C1CCCCC1. The summed E-state index contributed by atoms with van der Waals surface area (Å²) in [6.45, 7) is 2.55. The predicted octanol–water partition coefficient (Wildman–Crippen LogP) is 2.79. The molecule has 0 unspecified atom stereocenters. The van der Waals surface area contributed by atoms with Crippen molar-refractivity contribution in [3.05, 3.63) is 29.3 Å². The molecule has 0 bridgehead atoms. The molecule has 0 saturated heterocycles. The number of nitrogens with zero attached hydrogens (tertiary/aromatic N) is 2. The van der Waals surface area contributed by atoms with E-state index in [-0.39, 0.29) is 28.4 Å². The van der Waals surface area contributed by atoms with Gasteiger partial charge >= 0.3 is 0 Å². The molecule has 2 fully saturated rings. The molecule has 1 heterocycles. The topological polar surface area (TPSA) is 74.8 Å². The lowest BCUT2D eigenvalue weighted by Gasteiger charge is -2.33. The summed E-state index contributed by atoms with van der Waals surface area (Å²) in [5.74, 6) is -0.601. The third-order valence-corrected chi connectivity index (χ3v) is 7.57. The Balaban J connectivity index is 1.66. The first-order chi connectivity index (χ1) is 12.4. The van der Waals surface area contributed by atoms with Crippen LogP contribution in [0.1, 0.15) is 72.6 Å². The van der Waals surface area contributed by atoms with E-state index in [9.17, 15) is 18.0 Å². The third kappa shape index (κ3) is 2.73. The number of benzene rings is 1. The van der Waals surface area contributed by atoms with Crippen molar-refractivity contribution in [2.45, 2.75) is 68.8 Å². The summed E-state index contributed by atoms with van der Waals surface area (Å²) < 4.78 is 26.5. The van der Waals surface area contributed by atoms with Gasteiger partial charge in [0.15, 0.2) is 0 Å². The maximum Gasteiger partial charge on any atom is 0.269 e. The van der Waals surface area contributed by atoms with Crippen molar-refractivity contribution in [1.29, 1.82) is 0 Å². The number of fused-ring (bicyclic) bond motifs is 1. The minimum Gasteiger partial charge on any atom is -0.336 e. The number of hydrogen-bond donors (Lipinski definition) is 0. The average molecular weight is 376 g/mol. The molecule has 0 aromatic heterocycles. The van der Waals surface area contributed by atoms with Gasteiger partial charge in [0.1, 0.15) is 4.90 Å². The summed E-state index contributed by atoms with van der Waals surface area (Å²) in [4.78, 5) is 27.3. The van der Waals surface area contributed by atoms with E-state index in [0.29, 0.717) is 12.1 Å². The molecule has 1 aromatic rings. The lowest BCUT2D eigenvalue weighted by molar-refractivity contribution is 0.0647. The Morgan fingerprint density at radius 3 is 2.46 bits per heavy atom. The Bertz CT molecular complexity index is 854. The minimum absolute atomic E-state index is 0.0139. The fourth-order valence-electron chi connectivity index (χ4n) is 4.18. The summed E-state index contributed by atoms with van der Waals surface area (Å²) >= 11 is 0. The first kappa shape index (κ1) is 17.5. The monoisotopic (exact) mass is 376 g/mol. The fraction of sp³-hybridized carbons (Fsp3) is 0.579. The lowest BCUT2D eigenvalue weighted by Crippen LogP contribution is -2.41. The zero-order chi connectivity index (χ0) is 18.5. The van der Waals surface area contributed by atoms with Gasteiger partial charge in [0.2, 0.25) is 0 Å². The van der Waals surface area contributed by atoms with Crippen LogP contribution in [-0.4, -0.2) is 48.1 Å². The van der Waals surface area contributed by atoms with Gasteiger partial charge in [-0.3, -0.25) is 9.59 Å². The largest absolute Gasteiger partial charge is 0.336 e. The predicted molar refractivity (Wildman–Crippen MR) is 96.4 cm³/mol. The second-order valence-corrected chi connectivity index (χ2v) is 9.21. The van der Waals surface area contributed by atoms with Crippen molar-refractivity contribution in [1.82, 2.24) is 9.21 Å². The van der Waals surface area contributed by atoms with Crippen LogP contribution in [-0.2, 0) is 10.0 Å². The Labute approximate surface area is 154 Å². The first-order valence-corrected chi connectivity index (χ1v) is 10.9. The summed E-state index contributed by atoms with van der Waals surface area (Å²) in [6, 6.07) is 4.50. The highest BCUT2D eigenvalue weighted by atomic mass is 32.2. The maximum absolute atomic E-state index is 13.0. The molecule has 4 rings (SSSR count). The molecule has 2 aliphatic carbocycles. The van der Waals surface area contributed by atoms with Crippen LogP contribution in [0.3, 0.4) is 0 Å². The van der Waals surface area contributed by atoms with E-state index in [1.165, 1.54) is 18.6 Å². The summed E-state index contributed by atoms with van der Waals surface area (Å²) in [5, 5.41) is 0. The van der Waals surface area contributed by atoms with E-state index in [0.717, 1.165) is 42.8 Å². The highest BCUT2D eigenvalue weighted by Crippen LogP contribution is 2.39. The summed E-state index contributed by atoms with van der Waals surface area (Å²) in [5.41, 5.74) is 0.541. The Hall–Kier alpha value is -1.89. The van der Waals surface area contributed by atoms with Gasteiger partial charge in [-0.25, -0.2) is 12.7 Å². The van der Waals surface area contributed by atoms with E-state index in [1.807, 2.05) is 11.8 Å². The van der Waals surface area contributed by atoms with Crippen LogP contribution in [0, 0.1) is 0 Å². The van der Waals surface area contributed by atoms with Crippen molar-refractivity contribution in [2.75, 3.05) is 6.54 Å². The molecule has 0 radical (unpaired) electrons. The lowest BCUT2D eigenvalue weighted by atomic mass is 9.93. The van der Waals surface area contributed by atoms with Gasteiger partial charge < -0.3 is 4.90 Å². The maximum atomic E-state index is 13.0. The van der Waals surface area contributed by atoms with E-state index in [2.05, 4.69) is 0 Å². The van der Waals surface area contributed by atoms with E-state index >= 15 is 0 Å². The van der Waals surface area contributed by atoms with Gasteiger partial charge in [-0.1, -0.05) is 19.3 Å². The molecule has 140 valence electrons. The molecule has 6 nitrogen and oxygen atoms in total. The Kier molecular flexibility index (Phi) is 4.29. The molecule has 2 amide bonds. The Morgan fingerprint density at radius 1 is 1.15 bits per heavy atom. The number of amides is 2. The van der Waals surface area contributed by atoms with Crippen LogP contribution in [0.5, 0.6) is 0 Å². The van der Waals surface area contributed by atoms with Crippen molar-refractivity contribution < 1.29 is 18.0 Å². The highest BCUT2D eigenvalue weighted by molar-refractivity contribution is 7.90. The van der Waals surface area contributed by atoms with Crippen molar-refractivity contribution in [3.63, 3.8) is 0 Å². The molecule has 26 heavy (non-hydrogen) atoms. The van der Waals surface area contributed by atoms with Gasteiger partial charge in [0.25, 0.3) is 21.8 Å². The van der Waals surface area contributed by atoms with Crippen molar-refractivity contribution in [3.8, 4) is 0 Å². The molecule has 0 N–H and O–H groups in total. The fourth-order valence-corrected chi connectivity index (χ4v) is 6.02. The second kappa shape index (κ2) is 6.37. The standard InChI is InChI=1S/C19H24N2O4S/c1-2-20(14-6-4-3-5-7-14)18(22)13-8-11-16-17(12-13)26(24,25)21(19(16)23)15-9-10-15/h8,11-12,14-15H,2-7,9-10H2,1H3. The minimum atomic E-state index is -3.83. The third-order valence-electron chi connectivity index (χ3n) is 5.69. The van der Waals surface area contributed by atoms with Crippen molar-refractivity contribution >= 4 is 21.8 Å². The van der Waals surface area contributed by atoms with Crippen LogP contribution in [0.4, 0.5) is 0 Å². The van der Waals surface area contributed by atoms with E-state index in [4.69, 9.17) is 0 Å². The highest BCUT2D eigenvalue weighted by Gasteiger charge is 2.49. The van der Waals surface area contributed by atoms with Gasteiger partial charge in [-0.05, 0) is 50.8 Å². The zero-order valence-electron chi connectivity index (χ0n) is 15.0. The van der Waals surface area contributed by atoms with E-state index < -0.39 is 15.9 Å². The molecule has 0 atom stereocenters. The van der Waals surface area contributed by atoms with Gasteiger partial charge in [-0.2, -0.15) is 0 Å². The molecule has 3 aliphatic rings. The smallest absolute Gasteiger partial charge is 0.269 e. The molecule has 0 spiro atoms. The average Bonchev–Trinajstić information content (AvgIpc) is 3.44. The first-order valence-electron chi connectivity index (χ1n) is 9.49. The Morgan fingerprint density at radius 2 is 1.85 bits per heavy atom. The number of carbonyl (C=O) groups excluding carboxylic acids is 2. The molecule has 7 heteroatoms. The van der Waals surface area contributed by atoms with Crippen molar-refractivity contribution in [2.24, 2.45) is 0 Å². The van der Waals surface area contributed by atoms with Gasteiger partial charge in [0.05, 0.1) is 5.56 Å². The normalized spacial score (nSPS) is 22.3. The zero-order valence-corrected chi connectivity index (χ0v) is 15.8. The summed E-state index contributed by atoms with van der Waals surface area (Å²) in [7, 11) is -3.83. The van der Waals surface area contributed by atoms with Crippen LogP contribution in [0.25, 0.3) is 0 Å². The van der Waals surface area contributed by atoms with Crippen LogP contribution >= 0.6 is 0 Å². The quantitative estimate of drug-likeness (QED) is 0.810. The molecular formula is C19H24N2O4S. The van der Waals surface area contributed by atoms with Crippen LogP contribution in [0.2, 0.25) is 0 Å². The molecular weight excluding hydrogens is 352 g/mol. The van der Waals surface area contributed by atoms with Crippen LogP contribution in [0.15, 0.2) is 23.1 Å². The molecule has 1 aliphatic heterocycles. The van der Waals surface area contributed by atoms with Gasteiger partial charge in [0, 0.05) is 24.2 Å². The number of hydrogen-bond acceptors (Lipinski definition) is 4. The summed E-state index contributed by atoms with van der Waals surface area (Å²) in [6.07, 6.45) is 6.88. The van der Waals surface area contributed by atoms with E-state index in [1.54, 1.807) is 6.07 Å². The molecule has 1 aromatic carbocycles. The number of sulfonamides is 1. The van der Waals surface area contributed by atoms with Gasteiger partial charge in [-0.15, -0.1) is 0 Å². The molecule has 2 saturated carbocycles. The van der Waals surface area contributed by atoms with Crippen LogP contribution < -0.4 is 0 Å². The second-order valence-electron chi connectivity index (χ2n) is 7.43. The number of rotatable bonds is 4.